The third-order valence-corrected chi connectivity index (χ3v) is 21.7. The molecule has 452 valence electrons. The zero-order chi connectivity index (χ0) is 58.7. The van der Waals surface area contributed by atoms with Gasteiger partial charge in [-0.25, -0.2) is 0 Å². The summed E-state index contributed by atoms with van der Waals surface area (Å²) in [5, 5.41) is 65.2. The summed E-state index contributed by atoms with van der Waals surface area (Å²) < 4.78 is 39.0. The Morgan fingerprint density at radius 2 is 1.59 bits per heavy atom. The van der Waals surface area contributed by atoms with Crippen molar-refractivity contribution in [3.8, 4) is 0 Å². The molecule has 79 heavy (non-hydrogen) atoms. The van der Waals surface area contributed by atoms with Crippen LogP contribution in [0.15, 0.2) is 11.6 Å². The van der Waals surface area contributed by atoms with E-state index < -0.39 is 106 Å². The van der Waals surface area contributed by atoms with Crippen molar-refractivity contribution in [3.05, 3.63) is 11.6 Å². The monoisotopic (exact) mass is 1120 g/mol. The predicted molar refractivity (Wildman–Crippen MR) is 296 cm³/mol. The molecule has 0 bridgehead atoms. The van der Waals surface area contributed by atoms with Crippen LogP contribution in [-0.2, 0) is 47.6 Å². The van der Waals surface area contributed by atoms with Crippen LogP contribution in [0, 0.1) is 52.3 Å². The highest BCUT2D eigenvalue weighted by atomic mass is 16.7. The zero-order valence-corrected chi connectivity index (χ0v) is 50.8. The average Bonchev–Trinajstić information content (AvgIpc) is 3.96. The van der Waals surface area contributed by atoms with Gasteiger partial charge in [0.2, 0.25) is 0 Å². The first-order valence-corrected chi connectivity index (χ1v) is 30.1. The number of aliphatic hydroxyl groups excluding tert-OH is 2. The second-order valence-corrected chi connectivity index (χ2v) is 27.5. The molecule has 0 radical (unpaired) electrons. The van der Waals surface area contributed by atoms with Crippen LogP contribution in [0.25, 0.3) is 0 Å². The highest BCUT2D eigenvalue weighted by Crippen LogP contribution is 2.66. The van der Waals surface area contributed by atoms with Crippen LogP contribution >= 0.6 is 0 Å². The largest absolute Gasteiger partial charge is 0.459 e. The topological polar surface area (TPSA) is 243 Å². The fourth-order valence-corrected chi connectivity index (χ4v) is 16.5. The molecule has 3 heterocycles. The van der Waals surface area contributed by atoms with Crippen molar-refractivity contribution < 1.29 is 73.1 Å². The molecule has 4 unspecified atom stereocenters. The molecule has 3 saturated heterocycles. The van der Waals surface area contributed by atoms with Gasteiger partial charge in [0.15, 0.2) is 18.4 Å². The van der Waals surface area contributed by atoms with E-state index in [1.165, 1.54) is 6.92 Å². The van der Waals surface area contributed by atoms with Crippen molar-refractivity contribution in [2.24, 2.45) is 52.3 Å². The number of rotatable bonds is 12. The van der Waals surface area contributed by atoms with E-state index in [0.717, 1.165) is 18.4 Å². The molecule has 4 aliphatic carbocycles. The summed E-state index contributed by atoms with van der Waals surface area (Å²) in [6, 6.07) is -1.07. The molecule has 0 aromatic heterocycles. The van der Waals surface area contributed by atoms with Gasteiger partial charge in [0, 0.05) is 81.3 Å². The molecule has 7 rings (SSSR count). The first-order valence-electron chi connectivity index (χ1n) is 30.1. The second-order valence-electron chi connectivity index (χ2n) is 27.5. The number of hydrogen-bond donors (Lipinski definition) is 6. The first-order chi connectivity index (χ1) is 36.7. The number of nitrogens with zero attached hydrogens (tertiary/aromatic N) is 2. The SMILES string of the molecule is CC[C@H]1OC(=O)[C@H](C)[C@@H](O[C@@H]2C[C@](C)(OC)[C@H](C)C(C)O2)[C@H](C)[C@@H](O[C@@H]2O[C@H](C)C[C@@H](N(C)C)[C@H]2O)[C@](C)(O)C[C@@H](C)CN(CCCNC(=O)[C@@]2(O)CCC3C4CCC5=CC(=O)CC[C@]5(C)C4C(=O)C[C@@]32C)[C@H](C)[C@@H](O)[C@]1(C)O. The summed E-state index contributed by atoms with van der Waals surface area (Å²) in [6.07, 6.45) is -1.74. The lowest BCUT2D eigenvalue weighted by molar-refractivity contribution is -0.313. The Bertz CT molecular complexity index is 2210. The fraction of sp³-hybridized carbons (Fsp3) is 0.902. The van der Waals surface area contributed by atoms with Gasteiger partial charge in [0.1, 0.15) is 35.3 Å². The summed E-state index contributed by atoms with van der Waals surface area (Å²) in [7, 11) is 5.42. The molecular formula is C61H103N3O15. The Labute approximate surface area is 471 Å². The molecular weight excluding hydrogens is 1010 g/mol. The third kappa shape index (κ3) is 12.3. The lowest BCUT2D eigenvalue weighted by Gasteiger charge is -2.57. The van der Waals surface area contributed by atoms with E-state index >= 15 is 0 Å². The number of methoxy groups -OCH3 is 1. The Hall–Kier alpha value is -2.46. The maximum atomic E-state index is 14.8. The molecule has 6 fully saturated rings. The van der Waals surface area contributed by atoms with Gasteiger partial charge in [-0.15, -0.1) is 0 Å². The smallest absolute Gasteiger partial charge is 0.311 e. The van der Waals surface area contributed by atoms with Crippen LogP contribution in [0.5, 0.6) is 0 Å². The van der Waals surface area contributed by atoms with E-state index in [-0.39, 0.29) is 91.6 Å². The lowest BCUT2D eigenvalue weighted by Crippen LogP contribution is -2.62. The average molecular weight is 1120 g/mol. The maximum Gasteiger partial charge on any atom is 0.311 e. The number of ketones is 2. The van der Waals surface area contributed by atoms with Gasteiger partial charge < -0.3 is 64.2 Å². The summed E-state index contributed by atoms with van der Waals surface area (Å²) in [5.74, 6) is -3.47. The van der Waals surface area contributed by atoms with Crippen LogP contribution < -0.4 is 5.32 Å². The van der Waals surface area contributed by atoms with E-state index in [0.29, 0.717) is 51.6 Å². The molecule has 6 N–H and O–H groups in total. The fourth-order valence-electron chi connectivity index (χ4n) is 16.5. The van der Waals surface area contributed by atoms with Crippen LogP contribution in [-0.4, -0.2) is 189 Å². The van der Waals surface area contributed by atoms with Crippen molar-refractivity contribution in [2.75, 3.05) is 40.8 Å². The second kappa shape index (κ2) is 24.3. The van der Waals surface area contributed by atoms with Crippen molar-refractivity contribution >= 4 is 23.4 Å². The highest BCUT2D eigenvalue weighted by molar-refractivity contribution is 5.94. The van der Waals surface area contributed by atoms with Crippen molar-refractivity contribution in [1.82, 2.24) is 15.1 Å². The number of fused-ring (bicyclic) bond motifs is 5. The molecule has 3 aliphatic heterocycles. The molecule has 18 heteroatoms. The van der Waals surface area contributed by atoms with Gasteiger partial charge in [-0.2, -0.15) is 0 Å². The Balaban J connectivity index is 1.15. The van der Waals surface area contributed by atoms with E-state index in [2.05, 4.69) is 19.2 Å². The van der Waals surface area contributed by atoms with Crippen LogP contribution in [0.2, 0.25) is 0 Å². The molecule has 3 saturated carbocycles. The van der Waals surface area contributed by atoms with Gasteiger partial charge >= 0.3 is 5.97 Å². The number of carbonyl (C=O) groups is 4. The van der Waals surface area contributed by atoms with Crippen molar-refractivity contribution in [1.29, 1.82) is 0 Å². The Kier molecular flexibility index (Phi) is 19.7. The summed E-state index contributed by atoms with van der Waals surface area (Å²) in [5.41, 5.74) is -6.35. The minimum absolute atomic E-state index is 0.00111. The van der Waals surface area contributed by atoms with E-state index in [4.69, 9.17) is 28.4 Å². The number of allylic oxidation sites excluding steroid dienone is 1. The highest BCUT2D eigenvalue weighted by Gasteiger charge is 2.69. The lowest BCUT2D eigenvalue weighted by atomic mass is 9.46. The number of hydrogen-bond acceptors (Lipinski definition) is 17. The number of ether oxygens (including phenoxy) is 6. The Morgan fingerprint density at radius 3 is 2.24 bits per heavy atom. The molecule has 18 nitrogen and oxygen atoms in total. The molecule has 0 spiro atoms. The number of Topliss-reactive ketones (excluding diaryl/α,β-unsaturated/α-hetero) is 1. The molecule has 24 atom stereocenters. The van der Waals surface area contributed by atoms with Gasteiger partial charge in [-0.1, -0.05) is 47.1 Å². The molecule has 7 aliphatic rings. The first kappa shape index (κ1) is 64.1. The summed E-state index contributed by atoms with van der Waals surface area (Å²) >= 11 is 0. The van der Waals surface area contributed by atoms with Gasteiger partial charge in [0.05, 0.1) is 41.5 Å². The van der Waals surface area contributed by atoms with E-state index in [1.807, 2.05) is 65.4 Å². The number of esters is 1. The molecule has 0 aromatic rings. The van der Waals surface area contributed by atoms with Crippen molar-refractivity contribution in [3.63, 3.8) is 0 Å². The summed E-state index contributed by atoms with van der Waals surface area (Å²) in [6.45, 7) is 25.0. The number of carbonyl (C=O) groups excluding carboxylic acids is 4. The molecule has 1 amide bonds. The van der Waals surface area contributed by atoms with Gasteiger partial charge in [0.25, 0.3) is 5.91 Å². The van der Waals surface area contributed by atoms with E-state index in [9.17, 15) is 44.7 Å². The number of cyclic esters (lactones) is 1. The third-order valence-electron chi connectivity index (χ3n) is 21.7. The number of aliphatic hydroxyl groups is 5. The minimum Gasteiger partial charge on any atom is -0.459 e. The van der Waals surface area contributed by atoms with Gasteiger partial charge in [-0.3, -0.25) is 24.1 Å². The zero-order valence-electron chi connectivity index (χ0n) is 50.8. The quantitative estimate of drug-likeness (QED) is 0.105. The van der Waals surface area contributed by atoms with Gasteiger partial charge in [-0.05, 0) is 150 Å². The molecule has 0 aromatic carbocycles. The van der Waals surface area contributed by atoms with Crippen molar-refractivity contribution in [2.45, 2.75) is 257 Å². The van der Waals surface area contributed by atoms with Crippen LogP contribution in [0.3, 0.4) is 0 Å². The minimum atomic E-state index is -1.96. The number of amides is 1. The van der Waals surface area contributed by atoms with E-state index in [1.54, 1.807) is 40.9 Å². The van der Waals surface area contributed by atoms with Crippen LogP contribution in [0.4, 0.5) is 0 Å². The number of nitrogens with one attached hydrogen (secondary N) is 1. The number of likely N-dealkylation sites (N-methyl/N-ethyl adjacent to an activating group) is 1. The standard InChI is InChI=1S/C61H103N3O15/c1-17-46-60(13,72)51(68)38(7)64(26-18-25-62-55(70)61(73)24-22-43-42-20-19-40-28-41(65)21-23-56(40,9)48(42)45(66)30-57(43,61)10)32-33(2)29-58(11,71)52(79-54-49(67)44(63(14)15)27-34(3)75-54)35(4)50(36(5)53(69)77-46)78-47-31-59(12,74-16)37(6)39(8)76-47/h28,33-39,42-44,46-52,54,67-68,71-73H,17-27,29-32H2,1-16H3,(H,62,70)/t33-,34-,35+,36-,37-,38-,39?,42?,43?,44-,46-,47-,48?,49-,50+,51-,52-,54+,56+,57+,58-,59+,60-,61+/m1/s1. The Morgan fingerprint density at radius 1 is 0.911 bits per heavy atom. The summed E-state index contributed by atoms with van der Waals surface area (Å²) in [4.78, 5) is 59.9. The maximum absolute atomic E-state index is 14.8. The van der Waals surface area contributed by atoms with Crippen LogP contribution in [0.1, 0.15) is 167 Å². The normalized spacial score (nSPS) is 48.7. The predicted octanol–water partition coefficient (Wildman–Crippen LogP) is 5.49.